The Kier molecular flexibility index (Phi) is 5.03. The van der Waals surface area contributed by atoms with Gasteiger partial charge >= 0.3 is 0 Å². The van der Waals surface area contributed by atoms with Gasteiger partial charge in [-0.15, -0.1) is 0 Å². The highest BCUT2D eigenvalue weighted by molar-refractivity contribution is 8.18. The monoisotopic (exact) mass is 331 g/mol. The molecule has 0 aliphatic carbocycles. The van der Waals surface area contributed by atoms with E-state index < -0.39 is 0 Å². The molecular weight excluding hydrogens is 310 g/mol. The maximum Gasteiger partial charge on any atom is 0.286 e. The van der Waals surface area contributed by atoms with Crippen LogP contribution in [0, 0.1) is 0 Å². The number of thioether (sulfide) groups is 1. The average molecular weight is 331 g/mol. The zero-order valence-electron chi connectivity index (χ0n) is 13.5. The molecule has 1 saturated heterocycles. The summed E-state index contributed by atoms with van der Waals surface area (Å²) in [6.45, 7) is 6.47. The summed E-state index contributed by atoms with van der Waals surface area (Å²) in [7, 11) is 2.11. The molecule has 0 aromatic heterocycles. The number of aliphatic imine (C=N–C) groups is 1. The van der Waals surface area contributed by atoms with Gasteiger partial charge < -0.3 is 14.5 Å². The lowest BCUT2D eigenvalue weighted by molar-refractivity contribution is -0.113. The molecule has 122 valence electrons. The molecule has 23 heavy (non-hydrogen) atoms. The van der Waals surface area contributed by atoms with Crippen molar-refractivity contribution in [1.82, 2.24) is 9.80 Å². The van der Waals surface area contributed by atoms with Crippen LogP contribution in [0.3, 0.4) is 0 Å². The molecule has 0 radical (unpaired) electrons. The molecule has 1 aromatic rings. The van der Waals surface area contributed by atoms with Gasteiger partial charge in [-0.1, -0.05) is 12.1 Å². The molecule has 2 aliphatic rings. The molecule has 3 rings (SSSR count). The molecule has 0 saturated carbocycles. The van der Waals surface area contributed by atoms with Crippen molar-refractivity contribution >= 4 is 28.9 Å². The van der Waals surface area contributed by atoms with Gasteiger partial charge in [-0.3, -0.25) is 4.79 Å². The summed E-state index contributed by atoms with van der Waals surface area (Å²) in [5.41, 5.74) is 0.985. The highest BCUT2D eigenvalue weighted by Gasteiger charge is 2.27. The first-order chi connectivity index (χ1) is 11.2. The molecule has 0 unspecified atom stereocenters. The van der Waals surface area contributed by atoms with Crippen molar-refractivity contribution in [2.45, 2.75) is 6.92 Å². The summed E-state index contributed by atoms with van der Waals surface area (Å²) >= 11 is 1.47. The number of hydrogen-bond donors (Lipinski definition) is 0. The van der Waals surface area contributed by atoms with Crippen LogP contribution < -0.4 is 4.74 Å². The Bertz CT molecular complexity index is 632. The van der Waals surface area contributed by atoms with E-state index in [1.165, 1.54) is 11.8 Å². The lowest BCUT2D eigenvalue weighted by atomic mass is 10.2. The Hall–Kier alpha value is -1.79. The average Bonchev–Trinajstić information content (AvgIpc) is 2.91. The molecule has 1 amide bonds. The fourth-order valence-corrected chi connectivity index (χ4v) is 3.47. The standard InChI is InChI=1S/C17H21N3O2S/c1-3-22-14-6-4-13(5-7-14)12-15-16(21)18-17(23-15)20-10-8-19(2)9-11-20/h4-7,12H,3,8-11H2,1-2H3. The Morgan fingerprint density at radius 2 is 1.91 bits per heavy atom. The second-order valence-corrected chi connectivity index (χ2v) is 6.61. The van der Waals surface area contributed by atoms with Gasteiger partial charge in [-0.2, -0.15) is 4.99 Å². The van der Waals surface area contributed by atoms with Crippen molar-refractivity contribution in [3.63, 3.8) is 0 Å². The van der Waals surface area contributed by atoms with Crippen molar-refractivity contribution in [2.24, 2.45) is 4.99 Å². The summed E-state index contributed by atoms with van der Waals surface area (Å²) in [4.78, 5) is 21.5. The lowest BCUT2D eigenvalue weighted by Crippen LogP contribution is -2.46. The fraction of sp³-hybridized carbons (Fsp3) is 0.412. The summed E-state index contributed by atoms with van der Waals surface area (Å²) in [5, 5.41) is 0.834. The first-order valence-electron chi connectivity index (χ1n) is 7.84. The smallest absolute Gasteiger partial charge is 0.286 e. The first kappa shape index (κ1) is 16.1. The zero-order valence-corrected chi connectivity index (χ0v) is 14.3. The van der Waals surface area contributed by atoms with Crippen LogP contribution in [0.4, 0.5) is 0 Å². The predicted octanol–water partition coefficient (Wildman–Crippen LogP) is 2.30. The van der Waals surface area contributed by atoms with Crippen LogP contribution in [0.2, 0.25) is 0 Å². The molecule has 0 N–H and O–H groups in total. The lowest BCUT2D eigenvalue weighted by Gasteiger charge is -2.32. The summed E-state index contributed by atoms with van der Waals surface area (Å²) < 4.78 is 5.43. The molecule has 6 heteroatoms. The molecule has 0 bridgehead atoms. The number of carbonyl (C=O) groups excluding carboxylic acids is 1. The maximum absolute atomic E-state index is 12.1. The molecule has 1 fully saturated rings. The number of likely N-dealkylation sites (N-methyl/N-ethyl adjacent to an activating group) is 1. The number of piperazine rings is 1. The third-order valence-corrected chi connectivity index (χ3v) is 4.92. The zero-order chi connectivity index (χ0) is 16.2. The van der Waals surface area contributed by atoms with E-state index in [1.54, 1.807) is 0 Å². The second-order valence-electron chi connectivity index (χ2n) is 5.60. The number of nitrogens with zero attached hydrogens (tertiary/aromatic N) is 3. The van der Waals surface area contributed by atoms with E-state index >= 15 is 0 Å². The minimum Gasteiger partial charge on any atom is -0.494 e. The Balaban J connectivity index is 1.67. The quantitative estimate of drug-likeness (QED) is 0.795. The minimum absolute atomic E-state index is 0.141. The van der Waals surface area contributed by atoms with Crippen LogP contribution in [-0.2, 0) is 4.79 Å². The van der Waals surface area contributed by atoms with E-state index in [1.807, 2.05) is 37.3 Å². The van der Waals surface area contributed by atoms with Gasteiger partial charge in [-0.25, -0.2) is 0 Å². The van der Waals surface area contributed by atoms with E-state index in [9.17, 15) is 4.79 Å². The van der Waals surface area contributed by atoms with Gasteiger partial charge in [0.2, 0.25) is 0 Å². The van der Waals surface area contributed by atoms with E-state index in [-0.39, 0.29) is 5.91 Å². The number of rotatable bonds is 3. The number of amides is 1. The summed E-state index contributed by atoms with van der Waals surface area (Å²) in [6, 6.07) is 7.75. The van der Waals surface area contributed by atoms with Crippen molar-refractivity contribution < 1.29 is 9.53 Å². The molecule has 2 aliphatic heterocycles. The normalized spacial score (nSPS) is 21.0. The SMILES string of the molecule is CCOc1ccc(C=C2SC(N3CCN(C)CC3)=NC2=O)cc1. The number of benzene rings is 1. The van der Waals surface area contributed by atoms with Gasteiger partial charge in [0.15, 0.2) is 5.17 Å². The summed E-state index contributed by atoms with van der Waals surface area (Å²) in [6.07, 6.45) is 1.90. The predicted molar refractivity (Wildman–Crippen MR) is 94.7 cm³/mol. The Labute approximate surface area is 141 Å². The van der Waals surface area contributed by atoms with Crippen LogP contribution in [0.5, 0.6) is 5.75 Å². The number of ether oxygens (including phenoxy) is 1. The number of hydrogen-bond acceptors (Lipinski definition) is 5. The van der Waals surface area contributed by atoms with E-state index in [0.717, 1.165) is 42.7 Å². The molecule has 1 aromatic carbocycles. The van der Waals surface area contributed by atoms with E-state index in [2.05, 4.69) is 21.8 Å². The van der Waals surface area contributed by atoms with Crippen molar-refractivity contribution in [3.8, 4) is 5.75 Å². The molecule has 0 spiro atoms. The first-order valence-corrected chi connectivity index (χ1v) is 8.66. The van der Waals surface area contributed by atoms with Crippen LogP contribution in [0.1, 0.15) is 12.5 Å². The highest BCUT2D eigenvalue weighted by Crippen LogP contribution is 2.30. The summed E-state index contributed by atoms with van der Waals surface area (Å²) in [5.74, 6) is 0.701. The second kappa shape index (κ2) is 7.19. The third-order valence-electron chi connectivity index (χ3n) is 3.87. The van der Waals surface area contributed by atoms with Crippen LogP contribution in [-0.4, -0.2) is 60.7 Å². The fourth-order valence-electron chi connectivity index (χ4n) is 2.51. The minimum atomic E-state index is -0.141. The molecule has 0 atom stereocenters. The van der Waals surface area contributed by atoms with E-state index in [0.29, 0.717) is 11.5 Å². The Morgan fingerprint density at radius 3 is 2.57 bits per heavy atom. The number of amidine groups is 1. The van der Waals surface area contributed by atoms with Gasteiger partial charge in [0, 0.05) is 26.2 Å². The maximum atomic E-state index is 12.1. The van der Waals surface area contributed by atoms with Gasteiger partial charge in [0.1, 0.15) is 5.75 Å². The third kappa shape index (κ3) is 3.95. The molecule has 2 heterocycles. The largest absolute Gasteiger partial charge is 0.494 e. The molecular formula is C17H21N3O2S. The van der Waals surface area contributed by atoms with Gasteiger partial charge in [0.05, 0.1) is 11.5 Å². The van der Waals surface area contributed by atoms with Crippen molar-refractivity contribution in [3.05, 3.63) is 34.7 Å². The van der Waals surface area contributed by atoms with Crippen molar-refractivity contribution in [1.29, 1.82) is 0 Å². The van der Waals surface area contributed by atoms with Gasteiger partial charge in [0.25, 0.3) is 5.91 Å². The van der Waals surface area contributed by atoms with Crippen LogP contribution in [0.25, 0.3) is 6.08 Å². The van der Waals surface area contributed by atoms with Gasteiger partial charge in [-0.05, 0) is 49.5 Å². The van der Waals surface area contributed by atoms with Crippen molar-refractivity contribution in [2.75, 3.05) is 39.8 Å². The Morgan fingerprint density at radius 1 is 1.22 bits per heavy atom. The van der Waals surface area contributed by atoms with E-state index in [4.69, 9.17) is 4.74 Å². The number of carbonyl (C=O) groups is 1. The van der Waals surface area contributed by atoms with Crippen LogP contribution in [0.15, 0.2) is 34.2 Å². The molecule has 5 nitrogen and oxygen atoms in total. The highest BCUT2D eigenvalue weighted by atomic mass is 32.2. The van der Waals surface area contributed by atoms with Crippen LogP contribution >= 0.6 is 11.8 Å². The topological polar surface area (TPSA) is 45.1 Å².